The van der Waals surface area contributed by atoms with Crippen LogP contribution in [-0.2, 0) is 12.8 Å². The molecule has 0 aromatic carbocycles. The molecule has 6 heteroatoms. The second-order valence-electron chi connectivity index (χ2n) is 4.54. The molecule has 2 N–H and O–H groups in total. The minimum Gasteiger partial charge on any atom is -0.339 e. The van der Waals surface area contributed by atoms with Gasteiger partial charge in [-0.25, -0.2) is 4.98 Å². The van der Waals surface area contributed by atoms with Crippen molar-refractivity contribution >= 4 is 11.3 Å². The third kappa shape index (κ3) is 3.61. The quantitative estimate of drug-likeness (QED) is 0.864. The van der Waals surface area contributed by atoms with E-state index < -0.39 is 0 Å². The molecule has 0 amide bonds. The maximum absolute atomic E-state index is 5.57. The van der Waals surface area contributed by atoms with Gasteiger partial charge in [0.2, 0.25) is 5.89 Å². The first-order valence-electron chi connectivity index (χ1n) is 6.10. The lowest BCUT2D eigenvalue weighted by atomic mass is 10.1. The summed E-state index contributed by atoms with van der Waals surface area (Å²) in [6.07, 6.45) is 2.42. The van der Waals surface area contributed by atoms with Crippen LogP contribution in [0.3, 0.4) is 0 Å². The van der Waals surface area contributed by atoms with Gasteiger partial charge >= 0.3 is 0 Å². The van der Waals surface area contributed by atoms with Gasteiger partial charge in [-0.3, -0.25) is 0 Å². The van der Waals surface area contributed by atoms with Crippen LogP contribution in [0.5, 0.6) is 0 Å². The van der Waals surface area contributed by atoms with Crippen LogP contribution in [0.25, 0.3) is 0 Å². The summed E-state index contributed by atoms with van der Waals surface area (Å²) in [5.41, 5.74) is 6.61. The zero-order valence-electron chi connectivity index (χ0n) is 10.7. The van der Waals surface area contributed by atoms with Crippen molar-refractivity contribution in [3.8, 4) is 0 Å². The molecule has 0 aliphatic carbocycles. The lowest BCUT2D eigenvalue weighted by Crippen LogP contribution is -2.11. The number of nitrogens with zero attached hydrogens (tertiary/aromatic N) is 3. The van der Waals surface area contributed by atoms with Gasteiger partial charge in [0.25, 0.3) is 0 Å². The van der Waals surface area contributed by atoms with E-state index in [1.807, 2.05) is 12.3 Å². The second-order valence-corrected chi connectivity index (χ2v) is 5.49. The van der Waals surface area contributed by atoms with Crippen molar-refractivity contribution in [2.24, 2.45) is 11.7 Å². The molecule has 2 heterocycles. The third-order valence-electron chi connectivity index (χ3n) is 2.74. The van der Waals surface area contributed by atoms with Gasteiger partial charge in [0.15, 0.2) is 5.82 Å². The van der Waals surface area contributed by atoms with Gasteiger partial charge in [-0.2, -0.15) is 4.98 Å². The summed E-state index contributed by atoms with van der Waals surface area (Å²) < 4.78 is 5.21. The van der Waals surface area contributed by atoms with Crippen LogP contribution in [0.1, 0.15) is 35.8 Å². The SMILES string of the molecule is Cc1csc(Cc2noc(CCC(C)CN)n2)n1. The van der Waals surface area contributed by atoms with Crippen LogP contribution in [0.2, 0.25) is 0 Å². The molecule has 0 aliphatic heterocycles. The summed E-state index contributed by atoms with van der Waals surface area (Å²) >= 11 is 1.63. The average molecular weight is 266 g/mol. The first-order chi connectivity index (χ1) is 8.67. The van der Waals surface area contributed by atoms with Crippen LogP contribution in [-0.4, -0.2) is 21.7 Å². The van der Waals surface area contributed by atoms with E-state index in [-0.39, 0.29) is 0 Å². The number of aromatic nitrogens is 3. The van der Waals surface area contributed by atoms with Crippen LogP contribution >= 0.6 is 11.3 Å². The molecule has 2 rings (SSSR count). The molecule has 0 spiro atoms. The van der Waals surface area contributed by atoms with Crippen molar-refractivity contribution in [2.45, 2.75) is 33.1 Å². The molecule has 0 fully saturated rings. The van der Waals surface area contributed by atoms with Crippen molar-refractivity contribution in [3.05, 3.63) is 27.8 Å². The molecule has 0 saturated carbocycles. The fourth-order valence-corrected chi connectivity index (χ4v) is 2.34. The van der Waals surface area contributed by atoms with Gasteiger partial charge in [0.1, 0.15) is 5.01 Å². The van der Waals surface area contributed by atoms with E-state index in [9.17, 15) is 0 Å². The number of nitrogens with two attached hydrogens (primary N) is 1. The minimum absolute atomic E-state index is 0.488. The van der Waals surface area contributed by atoms with Crippen molar-refractivity contribution in [2.75, 3.05) is 6.54 Å². The normalized spacial score (nSPS) is 12.8. The third-order valence-corrected chi connectivity index (χ3v) is 3.71. The van der Waals surface area contributed by atoms with Crippen LogP contribution < -0.4 is 5.73 Å². The van der Waals surface area contributed by atoms with Crippen LogP contribution in [0, 0.1) is 12.8 Å². The number of hydrogen-bond donors (Lipinski definition) is 1. The molecule has 0 bridgehead atoms. The van der Waals surface area contributed by atoms with E-state index in [2.05, 4.69) is 22.0 Å². The molecular formula is C12H18N4OS. The molecule has 0 radical (unpaired) electrons. The summed E-state index contributed by atoms with van der Waals surface area (Å²) in [5, 5.41) is 7.02. The summed E-state index contributed by atoms with van der Waals surface area (Å²) in [7, 11) is 0. The van der Waals surface area contributed by atoms with Gasteiger partial charge in [0.05, 0.1) is 6.42 Å². The molecular weight excluding hydrogens is 248 g/mol. The fraction of sp³-hybridized carbons (Fsp3) is 0.583. The number of thiazole rings is 1. The molecule has 5 nitrogen and oxygen atoms in total. The van der Waals surface area contributed by atoms with Crippen molar-refractivity contribution in [3.63, 3.8) is 0 Å². The van der Waals surface area contributed by atoms with Gasteiger partial charge < -0.3 is 10.3 Å². The average Bonchev–Trinajstić information content (AvgIpc) is 2.96. The lowest BCUT2D eigenvalue weighted by molar-refractivity contribution is 0.362. The van der Waals surface area contributed by atoms with E-state index in [1.54, 1.807) is 11.3 Å². The minimum atomic E-state index is 0.488. The zero-order valence-corrected chi connectivity index (χ0v) is 11.5. The highest BCUT2D eigenvalue weighted by Gasteiger charge is 2.10. The number of rotatable bonds is 6. The molecule has 0 aliphatic rings. The predicted molar refractivity (Wildman–Crippen MR) is 70.5 cm³/mol. The first-order valence-corrected chi connectivity index (χ1v) is 6.98. The second kappa shape index (κ2) is 6.06. The smallest absolute Gasteiger partial charge is 0.226 e. The Labute approximate surface area is 110 Å². The Balaban J connectivity index is 1.90. The van der Waals surface area contributed by atoms with Crippen molar-refractivity contribution in [1.82, 2.24) is 15.1 Å². The van der Waals surface area contributed by atoms with E-state index in [4.69, 9.17) is 10.3 Å². The molecule has 1 unspecified atom stereocenters. The highest BCUT2D eigenvalue weighted by atomic mass is 32.1. The number of hydrogen-bond acceptors (Lipinski definition) is 6. The fourth-order valence-electron chi connectivity index (χ4n) is 1.57. The molecule has 2 aromatic heterocycles. The molecule has 2 aromatic rings. The van der Waals surface area contributed by atoms with Crippen LogP contribution in [0.15, 0.2) is 9.90 Å². The first kappa shape index (κ1) is 13.2. The number of aryl methyl sites for hydroxylation is 2. The largest absolute Gasteiger partial charge is 0.339 e. The van der Waals surface area contributed by atoms with Crippen molar-refractivity contribution < 1.29 is 4.52 Å². The summed E-state index contributed by atoms with van der Waals surface area (Å²) in [5.74, 6) is 1.89. The Morgan fingerprint density at radius 2 is 2.28 bits per heavy atom. The van der Waals surface area contributed by atoms with E-state index >= 15 is 0 Å². The highest BCUT2D eigenvalue weighted by Crippen LogP contribution is 2.13. The van der Waals surface area contributed by atoms with E-state index in [1.165, 1.54) is 0 Å². The Bertz CT molecular complexity index is 494. The van der Waals surface area contributed by atoms with Gasteiger partial charge in [-0.15, -0.1) is 11.3 Å². The topological polar surface area (TPSA) is 77.8 Å². The molecule has 18 heavy (non-hydrogen) atoms. The van der Waals surface area contributed by atoms with Crippen molar-refractivity contribution in [1.29, 1.82) is 0 Å². The molecule has 0 saturated heterocycles. The van der Waals surface area contributed by atoms with E-state index in [0.29, 0.717) is 30.6 Å². The van der Waals surface area contributed by atoms with Gasteiger partial charge in [-0.1, -0.05) is 12.1 Å². The van der Waals surface area contributed by atoms with Crippen LogP contribution in [0.4, 0.5) is 0 Å². The summed E-state index contributed by atoms with van der Waals surface area (Å²) in [4.78, 5) is 8.75. The zero-order chi connectivity index (χ0) is 13.0. The molecule has 98 valence electrons. The Kier molecular flexibility index (Phi) is 4.43. The standard InChI is InChI=1S/C12H18N4OS/c1-8(6-13)3-4-11-15-10(16-17-11)5-12-14-9(2)7-18-12/h7-8H,3-6,13H2,1-2H3. The molecule has 1 atom stereocenters. The Hall–Kier alpha value is -1.27. The van der Waals surface area contributed by atoms with Gasteiger partial charge in [0, 0.05) is 17.5 Å². The lowest BCUT2D eigenvalue weighted by Gasteiger charge is -2.03. The monoisotopic (exact) mass is 266 g/mol. The van der Waals surface area contributed by atoms with E-state index in [0.717, 1.165) is 23.5 Å². The Morgan fingerprint density at radius 1 is 1.44 bits per heavy atom. The summed E-state index contributed by atoms with van der Waals surface area (Å²) in [6, 6.07) is 0. The maximum Gasteiger partial charge on any atom is 0.226 e. The van der Waals surface area contributed by atoms with Gasteiger partial charge in [-0.05, 0) is 25.8 Å². The Morgan fingerprint density at radius 3 is 2.94 bits per heavy atom. The summed E-state index contributed by atoms with van der Waals surface area (Å²) in [6.45, 7) is 4.80. The maximum atomic E-state index is 5.57. The highest BCUT2D eigenvalue weighted by molar-refractivity contribution is 7.09. The predicted octanol–water partition coefficient (Wildman–Crippen LogP) is 1.95.